The summed E-state index contributed by atoms with van der Waals surface area (Å²) < 4.78 is 20.5. The average molecular weight is 336 g/mol. The van der Waals surface area contributed by atoms with Gasteiger partial charge in [-0.25, -0.2) is 14.1 Å². The van der Waals surface area contributed by atoms with Gasteiger partial charge in [0.25, 0.3) is 0 Å². The molecule has 0 spiro atoms. The van der Waals surface area contributed by atoms with Gasteiger partial charge in [0.15, 0.2) is 5.76 Å². The molecule has 1 amide bonds. The highest BCUT2D eigenvalue weighted by atomic mass is 19.1. The summed E-state index contributed by atoms with van der Waals surface area (Å²) in [5, 5.41) is 10.7. The molecule has 3 rings (SSSR count). The highest BCUT2D eigenvalue weighted by Crippen LogP contribution is 2.22. The fourth-order valence-electron chi connectivity index (χ4n) is 2.92. The Balaban J connectivity index is 1.55. The lowest BCUT2D eigenvalue weighted by Crippen LogP contribution is -2.41. The summed E-state index contributed by atoms with van der Waals surface area (Å²) in [6.45, 7) is 4.79. The van der Waals surface area contributed by atoms with Crippen molar-refractivity contribution in [3.63, 3.8) is 0 Å². The predicted octanol–water partition coefficient (Wildman–Crippen LogP) is 0.864. The molecule has 2 aromatic heterocycles. The number of carbonyl (C=O) groups is 1. The van der Waals surface area contributed by atoms with Crippen LogP contribution in [0, 0.1) is 6.92 Å². The van der Waals surface area contributed by atoms with Crippen LogP contribution in [0.4, 0.5) is 4.39 Å². The zero-order chi connectivity index (χ0) is 17.1. The molecule has 130 valence electrons. The molecule has 1 unspecified atom stereocenters. The van der Waals surface area contributed by atoms with E-state index in [2.05, 4.69) is 20.6 Å². The van der Waals surface area contributed by atoms with E-state index in [0.717, 1.165) is 5.69 Å². The molecule has 1 aliphatic heterocycles. The summed E-state index contributed by atoms with van der Waals surface area (Å²) in [6.07, 6.45) is 2.38. The van der Waals surface area contributed by atoms with Crippen molar-refractivity contribution in [2.24, 2.45) is 0 Å². The van der Waals surface area contributed by atoms with Gasteiger partial charge in [0.05, 0.1) is 12.2 Å². The first kappa shape index (κ1) is 16.6. The third kappa shape index (κ3) is 3.78. The second-order valence-corrected chi connectivity index (χ2v) is 6.15. The van der Waals surface area contributed by atoms with Gasteiger partial charge in [-0.15, -0.1) is 0 Å². The number of alkyl halides is 1. The van der Waals surface area contributed by atoms with Crippen molar-refractivity contribution >= 4 is 5.91 Å². The van der Waals surface area contributed by atoms with Gasteiger partial charge in [0.2, 0.25) is 5.91 Å². The van der Waals surface area contributed by atoms with E-state index >= 15 is 0 Å². The molecule has 1 aliphatic rings. The van der Waals surface area contributed by atoms with Crippen LogP contribution in [0.5, 0.6) is 0 Å². The quantitative estimate of drug-likeness (QED) is 0.842. The second-order valence-electron chi connectivity index (χ2n) is 6.15. The molecular weight excluding hydrogens is 315 g/mol. The molecule has 3 heterocycles. The van der Waals surface area contributed by atoms with E-state index in [1.165, 1.54) is 17.3 Å². The molecule has 9 heteroatoms. The Kier molecular flexibility index (Phi) is 4.89. The summed E-state index contributed by atoms with van der Waals surface area (Å²) in [4.78, 5) is 18.0. The van der Waals surface area contributed by atoms with E-state index in [-0.39, 0.29) is 11.9 Å². The molecule has 0 saturated carbocycles. The van der Waals surface area contributed by atoms with E-state index in [1.807, 2.05) is 17.9 Å². The predicted molar refractivity (Wildman–Crippen MR) is 82.7 cm³/mol. The summed E-state index contributed by atoms with van der Waals surface area (Å²) in [6, 6.07) is 1.31. The van der Waals surface area contributed by atoms with Crippen LogP contribution >= 0.6 is 0 Å². The summed E-state index contributed by atoms with van der Waals surface area (Å²) in [5.74, 6) is 0.534. The highest BCUT2D eigenvalue weighted by Gasteiger charge is 2.33. The van der Waals surface area contributed by atoms with Crippen molar-refractivity contribution in [1.29, 1.82) is 0 Å². The summed E-state index contributed by atoms with van der Waals surface area (Å²) in [5.41, 5.74) is 0.799. The van der Waals surface area contributed by atoms with Gasteiger partial charge in [0, 0.05) is 25.2 Å². The number of likely N-dealkylation sites (tertiary alicyclic amines) is 1. The number of hydrogen-bond acceptors (Lipinski definition) is 6. The normalized spacial score (nSPS) is 22.6. The lowest BCUT2D eigenvalue weighted by atomic mass is 10.2. The maximum absolute atomic E-state index is 13.8. The van der Waals surface area contributed by atoms with Gasteiger partial charge in [-0.1, -0.05) is 5.16 Å². The topological polar surface area (TPSA) is 89.1 Å². The number of nitrogens with zero attached hydrogens (tertiary/aromatic N) is 5. The van der Waals surface area contributed by atoms with Crippen molar-refractivity contribution in [3.8, 4) is 0 Å². The van der Waals surface area contributed by atoms with Crippen molar-refractivity contribution < 1.29 is 13.7 Å². The zero-order valence-corrected chi connectivity index (χ0v) is 13.7. The first-order valence-electron chi connectivity index (χ1n) is 7.95. The number of halogens is 1. The van der Waals surface area contributed by atoms with Crippen molar-refractivity contribution in [2.45, 2.75) is 45.1 Å². The maximum atomic E-state index is 13.8. The van der Waals surface area contributed by atoms with Crippen LogP contribution in [0.3, 0.4) is 0 Å². The Bertz CT molecular complexity index is 673. The Hall–Kier alpha value is -2.29. The van der Waals surface area contributed by atoms with Gasteiger partial charge < -0.3 is 9.84 Å². The fraction of sp³-hybridized carbons (Fsp3) is 0.600. The Labute approximate surface area is 139 Å². The number of aromatic nitrogens is 4. The Morgan fingerprint density at radius 1 is 1.58 bits per heavy atom. The molecule has 0 bridgehead atoms. The first-order chi connectivity index (χ1) is 11.5. The molecule has 0 aliphatic carbocycles. The molecular formula is C15H21FN6O2. The molecule has 1 fully saturated rings. The largest absolute Gasteiger partial charge is 0.360 e. The molecule has 2 aromatic rings. The minimum absolute atomic E-state index is 0.0719. The van der Waals surface area contributed by atoms with E-state index in [9.17, 15) is 9.18 Å². The van der Waals surface area contributed by atoms with Crippen LogP contribution < -0.4 is 5.32 Å². The SMILES string of the molecule is Cc1cc(CN2C[C@@H](F)C[C@H]2CNC(=O)C(C)n2cncn2)on1. The number of rotatable bonds is 6. The monoisotopic (exact) mass is 336 g/mol. The number of hydrogen-bond donors (Lipinski definition) is 1. The van der Waals surface area contributed by atoms with Gasteiger partial charge in [0.1, 0.15) is 24.9 Å². The van der Waals surface area contributed by atoms with Crippen molar-refractivity contribution in [2.75, 3.05) is 13.1 Å². The van der Waals surface area contributed by atoms with Crippen LogP contribution in [-0.2, 0) is 11.3 Å². The molecule has 24 heavy (non-hydrogen) atoms. The molecule has 1 saturated heterocycles. The minimum Gasteiger partial charge on any atom is -0.360 e. The van der Waals surface area contributed by atoms with Crippen molar-refractivity contribution in [1.82, 2.24) is 30.1 Å². The number of carbonyl (C=O) groups excluding carboxylic acids is 1. The third-order valence-electron chi connectivity index (χ3n) is 4.24. The standard InChI is InChI=1S/C15H21FN6O2/c1-10-3-14(24-20-10)7-21-6-12(16)4-13(21)5-18-15(23)11(2)22-9-17-8-19-22/h3,8-9,11-13H,4-7H2,1-2H3,(H,18,23)/t11?,12-,13-/m0/s1. The molecule has 8 nitrogen and oxygen atoms in total. The first-order valence-corrected chi connectivity index (χ1v) is 7.95. The zero-order valence-electron chi connectivity index (χ0n) is 13.7. The molecule has 3 atom stereocenters. The van der Waals surface area contributed by atoms with Crippen molar-refractivity contribution in [3.05, 3.63) is 30.2 Å². The molecule has 0 radical (unpaired) electrons. The van der Waals surface area contributed by atoms with Gasteiger partial charge >= 0.3 is 0 Å². The van der Waals surface area contributed by atoms with E-state index in [1.54, 1.807) is 6.92 Å². The molecule has 0 aromatic carbocycles. The lowest BCUT2D eigenvalue weighted by Gasteiger charge is -2.23. The average Bonchev–Trinajstić information content (AvgIpc) is 3.27. The van der Waals surface area contributed by atoms with E-state index in [4.69, 9.17) is 4.52 Å². The smallest absolute Gasteiger partial charge is 0.244 e. The fourth-order valence-corrected chi connectivity index (χ4v) is 2.92. The number of amides is 1. The second kappa shape index (κ2) is 7.08. The van der Waals surface area contributed by atoms with Crippen LogP contribution in [0.15, 0.2) is 23.2 Å². The summed E-state index contributed by atoms with van der Waals surface area (Å²) in [7, 11) is 0. The maximum Gasteiger partial charge on any atom is 0.244 e. The molecule has 1 N–H and O–H groups in total. The third-order valence-corrected chi connectivity index (χ3v) is 4.24. The van der Waals surface area contributed by atoms with E-state index < -0.39 is 12.2 Å². The number of nitrogens with one attached hydrogen (secondary N) is 1. The van der Waals surface area contributed by atoms with Crippen LogP contribution in [0.25, 0.3) is 0 Å². The minimum atomic E-state index is -0.899. The van der Waals surface area contributed by atoms with Gasteiger partial charge in [-0.05, 0) is 20.3 Å². The van der Waals surface area contributed by atoms with Gasteiger partial charge in [-0.3, -0.25) is 9.69 Å². The van der Waals surface area contributed by atoms with E-state index in [0.29, 0.717) is 31.8 Å². The van der Waals surface area contributed by atoms with Gasteiger partial charge in [-0.2, -0.15) is 5.10 Å². The van der Waals surface area contributed by atoms with Crippen LogP contribution in [0.2, 0.25) is 0 Å². The Morgan fingerprint density at radius 2 is 2.42 bits per heavy atom. The highest BCUT2D eigenvalue weighted by molar-refractivity contribution is 5.79. The summed E-state index contributed by atoms with van der Waals surface area (Å²) >= 11 is 0. The lowest BCUT2D eigenvalue weighted by molar-refractivity contribution is -0.124. The number of aryl methyl sites for hydroxylation is 1. The Morgan fingerprint density at radius 3 is 3.08 bits per heavy atom. The van der Waals surface area contributed by atoms with Crippen LogP contribution in [0.1, 0.15) is 30.8 Å². The van der Waals surface area contributed by atoms with Crippen LogP contribution in [-0.4, -0.2) is 56.0 Å².